The highest BCUT2D eigenvalue weighted by atomic mass is 32.2. The molecule has 1 aliphatic rings. The van der Waals surface area contributed by atoms with E-state index >= 15 is 0 Å². The van der Waals surface area contributed by atoms with Gasteiger partial charge in [-0.1, -0.05) is 0 Å². The molecule has 1 saturated heterocycles. The lowest BCUT2D eigenvalue weighted by molar-refractivity contribution is -0.0411. The minimum absolute atomic E-state index is 0.189. The van der Waals surface area contributed by atoms with Crippen molar-refractivity contribution in [3.8, 4) is 0 Å². The molecule has 0 aliphatic carbocycles. The van der Waals surface area contributed by atoms with Crippen molar-refractivity contribution in [1.29, 1.82) is 0 Å². The van der Waals surface area contributed by atoms with Crippen LogP contribution in [-0.4, -0.2) is 31.7 Å². The predicted molar refractivity (Wildman–Crippen MR) is 38.9 cm³/mol. The molecule has 4 nitrogen and oxygen atoms in total. The first-order valence-electron chi connectivity index (χ1n) is 3.47. The molecule has 0 spiro atoms. The van der Waals surface area contributed by atoms with Crippen LogP contribution in [0, 0.1) is 0 Å². The van der Waals surface area contributed by atoms with Crippen LogP contribution >= 0.6 is 0 Å². The smallest absolute Gasteiger partial charge is 0.216 e. The molecule has 0 atom stereocenters. The van der Waals surface area contributed by atoms with Crippen molar-refractivity contribution in [1.82, 2.24) is 4.31 Å². The van der Waals surface area contributed by atoms with Crippen molar-refractivity contribution < 1.29 is 17.2 Å². The van der Waals surface area contributed by atoms with Crippen molar-refractivity contribution in [3.63, 3.8) is 0 Å². The Balaban J connectivity index is 2.59. The second kappa shape index (κ2) is 2.90. The van der Waals surface area contributed by atoms with Crippen molar-refractivity contribution in [3.05, 3.63) is 0 Å². The summed E-state index contributed by atoms with van der Waals surface area (Å²) in [4.78, 5) is 0. The normalized spacial score (nSPS) is 25.6. The molecule has 1 heterocycles. The molecule has 1 aliphatic heterocycles. The van der Waals surface area contributed by atoms with E-state index in [0.29, 0.717) is 0 Å². The van der Waals surface area contributed by atoms with Gasteiger partial charge in [0.25, 0.3) is 16.1 Å². The Kier molecular flexibility index (Phi) is 2.37. The number of hydrogen-bond donors (Lipinski definition) is 1. The highest BCUT2D eigenvalue weighted by Gasteiger charge is 2.36. The Morgan fingerprint density at radius 3 is 2.00 bits per heavy atom. The van der Waals surface area contributed by atoms with Crippen molar-refractivity contribution in [2.75, 3.05) is 13.1 Å². The summed E-state index contributed by atoms with van der Waals surface area (Å²) in [7, 11) is -3.78. The summed E-state index contributed by atoms with van der Waals surface area (Å²) < 4.78 is 47.2. The molecule has 72 valence electrons. The van der Waals surface area contributed by atoms with Gasteiger partial charge in [0.15, 0.2) is 0 Å². The van der Waals surface area contributed by atoms with E-state index in [2.05, 4.69) is 0 Å². The minimum Gasteiger partial charge on any atom is -0.216 e. The molecule has 0 bridgehead atoms. The van der Waals surface area contributed by atoms with Gasteiger partial charge in [-0.05, 0) is 0 Å². The second-order valence-electron chi connectivity index (χ2n) is 2.80. The number of rotatable bonds is 1. The summed E-state index contributed by atoms with van der Waals surface area (Å²) in [6.45, 7) is -0.377. The molecule has 0 aromatic heterocycles. The molecular weight excluding hydrogens is 190 g/mol. The maximum absolute atomic E-state index is 12.5. The third-order valence-electron chi connectivity index (χ3n) is 1.81. The first-order valence-corrected chi connectivity index (χ1v) is 4.97. The van der Waals surface area contributed by atoms with Gasteiger partial charge in [-0.15, -0.1) is 0 Å². The van der Waals surface area contributed by atoms with Crippen LogP contribution < -0.4 is 5.14 Å². The highest BCUT2D eigenvalue weighted by molar-refractivity contribution is 7.86. The van der Waals surface area contributed by atoms with Gasteiger partial charge < -0.3 is 0 Å². The number of nitrogens with two attached hydrogens (primary N) is 1. The van der Waals surface area contributed by atoms with Crippen LogP contribution in [0.1, 0.15) is 12.8 Å². The standard InChI is InChI=1S/C5H10F2N2O2S/c6-5(7)1-3-9(4-2-5)12(8,10)11/h1-4H2,(H2,8,10,11). The molecule has 12 heavy (non-hydrogen) atoms. The van der Waals surface area contributed by atoms with Crippen LogP contribution in [0.3, 0.4) is 0 Å². The third kappa shape index (κ3) is 2.36. The van der Waals surface area contributed by atoms with E-state index in [1.165, 1.54) is 0 Å². The van der Waals surface area contributed by atoms with E-state index < -0.39 is 29.0 Å². The second-order valence-corrected chi connectivity index (χ2v) is 4.35. The number of halogens is 2. The summed E-state index contributed by atoms with van der Waals surface area (Å²) in [6, 6.07) is 0. The molecule has 0 aromatic carbocycles. The van der Waals surface area contributed by atoms with Gasteiger partial charge in [0.05, 0.1) is 0 Å². The lowest BCUT2D eigenvalue weighted by Gasteiger charge is -2.29. The van der Waals surface area contributed by atoms with Crippen LogP contribution in [0.5, 0.6) is 0 Å². The van der Waals surface area contributed by atoms with Crippen molar-refractivity contribution >= 4 is 10.2 Å². The van der Waals surface area contributed by atoms with E-state index in [1.54, 1.807) is 0 Å². The van der Waals surface area contributed by atoms with Crippen molar-refractivity contribution in [2.24, 2.45) is 5.14 Å². The molecule has 0 saturated carbocycles. The molecular formula is C5H10F2N2O2S. The SMILES string of the molecule is NS(=O)(=O)N1CCC(F)(F)CC1. The summed E-state index contributed by atoms with van der Waals surface area (Å²) in [5.74, 6) is -2.73. The highest BCUT2D eigenvalue weighted by Crippen LogP contribution is 2.28. The molecule has 7 heteroatoms. The Morgan fingerprint density at radius 1 is 1.25 bits per heavy atom. The maximum Gasteiger partial charge on any atom is 0.276 e. The number of nitrogens with zero attached hydrogens (tertiary/aromatic N) is 1. The number of piperidine rings is 1. The zero-order chi connectivity index (χ0) is 9.41. The molecule has 2 N–H and O–H groups in total. The largest absolute Gasteiger partial charge is 0.276 e. The molecule has 0 radical (unpaired) electrons. The Bertz CT molecular complexity index is 255. The van der Waals surface area contributed by atoms with Crippen LogP contribution in [-0.2, 0) is 10.2 Å². The fourth-order valence-electron chi connectivity index (χ4n) is 1.07. The van der Waals surface area contributed by atoms with Crippen LogP contribution in [0.2, 0.25) is 0 Å². The van der Waals surface area contributed by atoms with Crippen LogP contribution in [0.4, 0.5) is 8.78 Å². The Morgan fingerprint density at radius 2 is 1.67 bits per heavy atom. The van der Waals surface area contributed by atoms with Crippen LogP contribution in [0.15, 0.2) is 0 Å². The molecule has 0 aromatic rings. The van der Waals surface area contributed by atoms with E-state index in [-0.39, 0.29) is 13.1 Å². The van der Waals surface area contributed by atoms with E-state index in [1.807, 2.05) is 0 Å². The van der Waals surface area contributed by atoms with Gasteiger partial charge in [0.2, 0.25) is 0 Å². The number of alkyl halides is 2. The maximum atomic E-state index is 12.5. The van der Waals surface area contributed by atoms with Crippen molar-refractivity contribution in [2.45, 2.75) is 18.8 Å². The van der Waals surface area contributed by atoms with Gasteiger partial charge in [0.1, 0.15) is 0 Å². The van der Waals surface area contributed by atoms with E-state index in [9.17, 15) is 17.2 Å². The molecule has 0 unspecified atom stereocenters. The van der Waals surface area contributed by atoms with Gasteiger partial charge in [0, 0.05) is 25.9 Å². The fourth-order valence-corrected chi connectivity index (χ4v) is 1.76. The lowest BCUT2D eigenvalue weighted by Crippen LogP contribution is -2.45. The minimum atomic E-state index is -3.78. The van der Waals surface area contributed by atoms with Gasteiger partial charge >= 0.3 is 0 Å². The topological polar surface area (TPSA) is 63.4 Å². The summed E-state index contributed by atoms with van der Waals surface area (Å²) in [5.41, 5.74) is 0. The van der Waals surface area contributed by atoms with Gasteiger partial charge in [-0.25, -0.2) is 13.9 Å². The quantitative estimate of drug-likeness (QED) is 0.643. The zero-order valence-corrected chi connectivity index (χ0v) is 7.15. The molecule has 1 fully saturated rings. The lowest BCUT2D eigenvalue weighted by atomic mass is 10.1. The average Bonchev–Trinajstić information content (AvgIpc) is 1.83. The van der Waals surface area contributed by atoms with Gasteiger partial charge in [-0.3, -0.25) is 0 Å². The van der Waals surface area contributed by atoms with E-state index in [4.69, 9.17) is 5.14 Å². The van der Waals surface area contributed by atoms with Crippen LogP contribution in [0.25, 0.3) is 0 Å². The average molecular weight is 200 g/mol. The fraction of sp³-hybridized carbons (Fsp3) is 1.00. The predicted octanol–water partition coefficient (Wildman–Crippen LogP) is -0.0790. The summed E-state index contributed by atoms with van der Waals surface area (Å²) in [5, 5.41) is 4.75. The first-order chi connectivity index (χ1) is 5.31. The number of hydrogen-bond acceptors (Lipinski definition) is 2. The first kappa shape index (κ1) is 9.82. The molecule has 1 rings (SSSR count). The Labute approximate surface area is 69.5 Å². The summed E-state index contributed by atoms with van der Waals surface area (Å²) >= 11 is 0. The van der Waals surface area contributed by atoms with E-state index in [0.717, 1.165) is 4.31 Å². The third-order valence-corrected chi connectivity index (χ3v) is 2.90. The van der Waals surface area contributed by atoms with Gasteiger partial charge in [-0.2, -0.15) is 12.7 Å². The zero-order valence-electron chi connectivity index (χ0n) is 6.33. The Hall–Kier alpha value is -0.270. The molecule has 0 amide bonds. The summed E-state index contributed by atoms with van der Waals surface area (Å²) in [6.07, 6.45) is -0.882. The monoisotopic (exact) mass is 200 g/mol.